The Bertz CT molecular complexity index is 1170. The quantitative estimate of drug-likeness (QED) is 0.634. The molecule has 0 spiro atoms. The van der Waals surface area contributed by atoms with Crippen LogP contribution in [0.4, 0.5) is 4.79 Å². The summed E-state index contributed by atoms with van der Waals surface area (Å²) in [7, 11) is 2.04. The van der Waals surface area contributed by atoms with Crippen LogP contribution in [-0.4, -0.2) is 76.1 Å². The molecular formula is C24H29BrN4O4. The van der Waals surface area contributed by atoms with Crippen molar-refractivity contribution in [3.05, 3.63) is 40.0 Å². The van der Waals surface area contributed by atoms with Crippen LogP contribution >= 0.6 is 15.9 Å². The zero-order valence-electron chi connectivity index (χ0n) is 19.3. The van der Waals surface area contributed by atoms with Gasteiger partial charge in [-0.25, -0.2) is 4.79 Å². The van der Waals surface area contributed by atoms with Crippen LogP contribution in [0.25, 0.3) is 16.5 Å². The highest BCUT2D eigenvalue weighted by Crippen LogP contribution is 2.45. The maximum absolute atomic E-state index is 13.2. The van der Waals surface area contributed by atoms with Gasteiger partial charge in [0.1, 0.15) is 6.04 Å². The Morgan fingerprint density at radius 3 is 2.61 bits per heavy atom. The maximum atomic E-state index is 13.2. The SMILES string of the molecule is CCN(CC)C(=O)[C@@H]1C=C2c3cccc4c3c(c(Br)n4C(=O)C(C)NC(=O)O)C[C@H]2N(C)C1. The molecule has 2 aromatic rings. The first-order valence-electron chi connectivity index (χ1n) is 11.3. The van der Waals surface area contributed by atoms with Gasteiger partial charge in [0.2, 0.25) is 5.91 Å². The predicted molar refractivity (Wildman–Crippen MR) is 130 cm³/mol. The summed E-state index contributed by atoms with van der Waals surface area (Å²) < 4.78 is 2.22. The average Bonchev–Trinajstić information content (AvgIpc) is 3.06. The molecule has 1 unspecified atom stereocenters. The van der Waals surface area contributed by atoms with Crippen LogP contribution in [-0.2, 0) is 11.2 Å². The highest BCUT2D eigenvalue weighted by molar-refractivity contribution is 9.10. The number of likely N-dealkylation sites (N-methyl/N-ethyl adjacent to an activating group) is 1. The van der Waals surface area contributed by atoms with Gasteiger partial charge in [-0.15, -0.1) is 0 Å². The summed E-state index contributed by atoms with van der Waals surface area (Å²) in [5.74, 6) is -0.428. The molecule has 0 saturated carbocycles. The fraction of sp³-hybridized carbons (Fsp3) is 0.458. The van der Waals surface area contributed by atoms with Gasteiger partial charge >= 0.3 is 6.09 Å². The molecule has 0 radical (unpaired) electrons. The summed E-state index contributed by atoms with van der Waals surface area (Å²) in [6, 6.07) is 5.03. The van der Waals surface area contributed by atoms with E-state index in [0.29, 0.717) is 30.7 Å². The van der Waals surface area contributed by atoms with Crippen molar-refractivity contribution >= 4 is 50.3 Å². The van der Waals surface area contributed by atoms with Gasteiger partial charge in [-0.1, -0.05) is 18.2 Å². The lowest BCUT2D eigenvalue weighted by Gasteiger charge is -2.40. The van der Waals surface area contributed by atoms with Crippen molar-refractivity contribution in [2.45, 2.75) is 39.3 Å². The number of aromatic nitrogens is 1. The highest BCUT2D eigenvalue weighted by Gasteiger charge is 2.38. The Morgan fingerprint density at radius 2 is 1.97 bits per heavy atom. The molecule has 33 heavy (non-hydrogen) atoms. The number of amides is 2. The van der Waals surface area contributed by atoms with E-state index in [1.54, 1.807) is 4.57 Å². The van der Waals surface area contributed by atoms with Crippen molar-refractivity contribution in [2.75, 3.05) is 26.7 Å². The van der Waals surface area contributed by atoms with Crippen molar-refractivity contribution in [3.63, 3.8) is 0 Å². The van der Waals surface area contributed by atoms with Gasteiger partial charge < -0.3 is 15.3 Å². The Hall–Kier alpha value is -2.65. The second-order valence-electron chi connectivity index (χ2n) is 8.71. The van der Waals surface area contributed by atoms with Crippen LogP contribution in [0.3, 0.4) is 0 Å². The minimum Gasteiger partial charge on any atom is -0.465 e. The monoisotopic (exact) mass is 516 g/mol. The van der Waals surface area contributed by atoms with E-state index in [2.05, 4.69) is 32.2 Å². The molecule has 9 heteroatoms. The molecule has 2 aliphatic rings. The first-order valence-corrected chi connectivity index (χ1v) is 12.0. The highest BCUT2D eigenvalue weighted by atomic mass is 79.9. The number of hydrogen-bond donors (Lipinski definition) is 2. The molecule has 2 amide bonds. The topological polar surface area (TPSA) is 94.9 Å². The third kappa shape index (κ3) is 3.87. The Labute approximate surface area is 201 Å². The third-order valence-electron chi connectivity index (χ3n) is 6.82. The fourth-order valence-electron chi connectivity index (χ4n) is 5.17. The van der Waals surface area contributed by atoms with Gasteiger partial charge in [-0.05, 0) is 72.9 Å². The molecule has 176 valence electrons. The molecule has 1 aromatic heterocycles. The zero-order chi connectivity index (χ0) is 24.0. The molecule has 0 saturated heterocycles. The number of carbonyl (C=O) groups excluding carboxylic acids is 2. The van der Waals surface area contributed by atoms with Gasteiger partial charge in [-0.2, -0.15) is 0 Å². The normalized spacial score (nSPS) is 20.7. The molecule has 3 atom stereocenters. The third-order valence-corrected chi connectivity index (χ3v) is 7.65. The molecule has 1 aromatic carbocycles. The lowest BCUT2D eigenvalue weighted by Crippen LogP contribution is -2.47. The number of benzene rings is 1. The fourth-order valence-corrected chi connectivity index (χ4v) is 5.90. The van der Waals surface area contributed by atoms with Crippen LogP contribution in [0.5, 0.6) is 0 Å². The molecule has 0 bridgehead atoms. The van der Waals surface area contributed by atoms with E-state index in [4.69, 9.17) is 5.11 Å². The number of carboxylic acid groups (broad SMARTS) is 1. The van der Waals surface area contributed by atoms with Gasteiger partial charge in [0.15, 0.2) is 0 Å². The summed E-state index contributed by atoms with van der Waals surface area (Å²) in [5, 5.41) is 12.3. The molecule has 1 aliphatic heterocycles. The summed E-state index contributed by atoms with van der Waals surface area (Å²) in [6.45, 7) is 7.54. The van der Waals surface area contributed by atoms with E-state index < -0.39 is 12.1 Å². The van der Waals surface area contributed by atoms with Crippen LogP contribution < -0.4 is 5.32 Å². The second-order valence-corrected chi connectivity index (χ2v) is 9.46. The van der Waals surface area contributed by atoms with Crippen LogP contribution in [0.1, 0.15) is 36.7 Å². The predicted octanol–water partition coefficient (Wildman–Crippen LogP) is 3.44. The lowest BCUT2D eigenvalue weighted by molar-refractivity contribution is -0.134. The largest absolute Gasteiger partial charge is 0.465 e. The molecule has 2 N–H and O–H groups in total. The Kier molecular flexibility index (Phi) is 6.37. The molecule has 0 fully saturated rings. The van der Waals surface area contributed by atoms with Gasteiger partial charge in [0.05, 0.1) is 16.0 Å². The summed E-state index contributed by atoms with van der Waals surface area (Å²) in [5.41, 5.74) is 3.89. The molecule has 4 rings (SSSR count). The molecule has 1 aliphatic carbocycles. The van der Waals surface area contributed by atoms with Crippen molar-refractivity contribution in [1.29, 1.82) is 0 Å². The van der Waals surface area contributed by atoms with E-state index in [-0.39, 0.29) is 23.8 Å². The van der Waals surface area contributed by atoms with Crippen molar-refractivity contribution in [3.8, 4) is 0 Å². The van der Waals surface area contributed by atoms with Crippen molar-refractivity contribution in [2.24, 2.45) is 5.92 Å². The number of hydrogen-bond acceptors (Lipinski definition) is 4. The number of nitrogens with one attached hydrogen (secondary N) is 1. The zero-order valence-corrected chi connectivity index (χ0v) is 20.8. The van der Waals surface area contributed by atoms with Gasteiger partial charge in [0, 0.05) is 31.1 Å². The van der Waals surface area contributed by atoms with E-state index in [0.717, 1.165) is 27.6 Å². The van der Waals surface area contributed by atoms with Gasteiger partial charge in [0.25, 0.3) is 5.91 Å². The summed E-state index contributed by atoms with van der Waals surface area (Å²) >= 11 is 3.64. The van der Waals surface area contributed by atoms with E-state index >= 15 is 0 Å². The van der Waals surface area contributed by atoms with Crippen LogP contribution in [0.15, 0.2) is 28.9 Å². The first-order chi connectivity index (χ1) is 15.7. The number of fused-ring (bicyclic) bond motifs is 2. The minimum absolute atomic E-state index is 0.0978. The van der Waals surface area contributed by atoms with E-state index in [9.17, 15) is 14.4 Å². The standard InChI is InChI=1S/C24H29BrN4O4/c1-5-28(6-2)23(31)14-10-16-15-8-7-9-18-20(15)17(11-19(16)27(4)12-14)21(25)29(18)22(30)13(3)26-24(32)33/h7-10,13-14,19,26H,5-6,11-12H2,1-4H3,(H,32,33)/t13?,14-,19-/m1/s1. The Balaban J connectivity index is 1.84. The lowest BCUT2D eigenvalue weighted by atomic mass is 9.79. The molecular weight excluding hydrogens is 488 g/mol. The molecule has 2 heterocycles. The first kappa shape index (κ1) is 23.5. The van der Waals surface area contributed by atoms with Crippen molar-refractivity contribution < 1.29 is 19.5 Å². The Morgan fingerprint density at radius 1 is 1.27 bits per heavy atom. The smallest absolute Gasteiger partial charge is 0.405 e. The van der Waals surface area contributed by atoms with Crippen LogP contribution in [0.2, 0.25) is 0 Å². The average molecular weight is 517 g/mol. The van der Waals surface area contributed by atoms with Crippen LogP contribution in [0, 0.1) is 5.92 Å². The van der Waals surface area contributed by atoms with Gasteiger partial charge in [-0.3, -0.25) is 19.1 Å². The minimum atomic E-state index is -1.24. The summed E-state index contributed by atoms with van der Waals surface area (Å²) in [4.78, 5) is 41.5. The van der Waals surface area contributed by atoms with E-state index in [1.807, 2.05) is 44.0 Å². The second kappa shape index (κ2) is 8.95. The number of nitrogens with zero attached hydrogens (tertiary/aromatic N) is 3. The number of carbonyl (C=O) groups is 3. The summed E-state index contributed by atoms with van der Waals surface area (Å²) in [6.07, 6.45) is 1.57. The van der Waals surface area contributed by atoms with Crippen molar-refractivity contribution in [1.82, 2.24) is 19.7 Å². The van der Waals surface area contributed by atoms with E-state index in [1.165, 1.54) is 6.92 Å². The molecule has 8 nitrogen and oxygen atoms in total. The number of halogens is 1. The number of rotatable bonds is 5. The maximum Gasteiger partial charge on any atom is 0.405 e.